The molecule has 1 rings (SSSR count). The van der Waals surface area contributed by atoms with Crippen molar-refractivity contribution in [1.29, 1.82) is 0 Å². The average molecular weight is 196 g/mol. The molecule has 0 atom stereocenters. The molecule has 0 unspecified atom stereocenters. The summed E-state index contributed by atoms with van der Waals surface area (Å²) in [5.41, 5.74) is 0. The molecule has 0 saturated carbocycles. The molecule has 0 aromatic rings. The normalized spacial score (nSPS) is 17.4. The monoisotopic (exact) mass is 196 g/mol. The Hall–Kier alpha value is -0.920. The quantitative estimate of drug-likeness (QED) is 0.672. The molecule has 14 heavy (non-hydrogen) atoms. The number of rotatable bonds is 5. The zero-order valence-corrected chi connectivity index (χ0v) is 9.38. The highest BCUT2D eigenvalue weighted by molar-refractivity contribution is 5.19. The van der Waals surface area contributed by atoms with E-state index in [1.54, 1.807) is 14.2 Å². The molecule has 0 aromatic heterocycles. The van der Waals surface area contributed by atoms with Gasteiger partial charge in [-0.2, -0.15) is 0 Å². The second-order valence-electron chi connectivity index (χ2n) is 3.55. The Morgan fingerprint density at radius 3 is 2.21 bits per heavy atom. The Morgan fingerprint density at radius 2 is 1.79 bits per heavy atom. The van der Waals surface area contributed by atoms with Gasteiger partial charge in [-0.05, 0) is 25.0 Å². The fourth-order valence-corrected chi connectivity index (χ4v) is 1.86. The lowest BCUT2D eigenvalue weighted by Gasteiger charge is -2.24. The summed E-state index contributed by atoms with van der Waals surface area (Å²) in [5.74, 6) is 2.48. The highest BCUT2D eigenvalue weighted by Crippen LogP contribution is 2.31. The Kier molecular flexibility index (Phi) is 4.57. The van der Waals surface area contributed by atoms with Crippen LogP contribution in [0.5, 0.6) is 0 Å². The predicted octanol–water partition coefficient (Wildman–Crippen LogP) is 3.26. The van der Waals surface area contributed by atoms with Crippen molar-refractivity contribution in [3.63, 3.8) is 0 Å². The van der Waals surface area contributed by atoms with Crippen molar-refractivity contribution in [3.8, 4) is 0 Å². The zero-order chi connectivity index (χ0) is 10.4. The lowest BCUT2D eigenvalue weighted by atomic mass is 9.93. The summed E-state index contributed by atoms with van der Waals surface area (Å²) in [7, 11) is 3.48. The molecule has 0 bridgehead atoms. The topological polar surface area (TPSA) is 18.5 Å². The van der Waals surface area contributed by atoms with E-state index in [1.165, 1.54) is 12.8 Å². The third-order valence-corrected chi connectivity index (χ3v) is 2.64. The molecule has 0 N–H and O–H groups in total. The maximum Gasteiger partial charge on any atom is 0.102 e. The molecule has 0 spiro atoms. The molecule has 1 aliphatic rings. The van der Waals surface area contributed by atoms with Crippen LogP contribution in [0.15, 0.2) is 23.7 Å². The van der Waals surface area contributed by atoms with Gasteiger partial charge in [-0.3, -0.25) is 0 Å². The molecule has 0 radical (unpaired) electrons. The highest BCUT2D eigenvalue weighted by atomic mass is 16.5. The van der Waals surface area contributed by atoms with Crippen LogP contribution in [0.1, 0.15) is 32.6 Å². The minimum Gasteiger partial charge on any atom is -0.501 e. The zero-order valence-electron chi connectivity index (χ0n) is 9.38. The third kappa shape index (κ3) is 2.53. The first-order valence-corrected chi connectivity index (χ1v) is 5.31. The number of methoxy groups -OCH3 is 2. The van der Waals surface area contributed by atoms with Crippen molar-refractivity contribution in [2.45, 2.75) is 32.6 Å². The Labute approximate surface area is 86.6 Å². The van der Waals surface area contributed by atoms with Gasteiger partial charge in [-0.1, -0.05) is 19.8 Å². The Balaban J connectivity index is 2.64. The molecular weight excluding hydrogens is 176 g/mol. The van der Waals surface area contributed by atoms with Gasteiger partial charge in [0.15, 0.2) is 0 Å². The summed E-state index contributed by atoms with van der Waals surface area (Å²) in [4.78, 5) is 0. The Morgan fingerprint density at radius 1 is 1.21 bits per heavy atom. The van der Waals surface area contributed by atoms with E-state index in [1.807, 2.05) is 0 Å². The summed E-state index contributed by atoms with van der Waals surface area (Å²) < 4.78 is 10.7. The van der Waals surface area contributed by atoms with E-state index in [9.17, 15) is 0 Å². The summed E-state index contributed by atoms with van der Waals surface area (Å²) in [6, 6.07) is 0. The SMILES string of the molecule is CCCCC1C(OC)=CCC=C1OC. The van der Waals surface area contributed by atoms with E-state index < -0.39 is 0 Å². The van der Waals surface area contributed by atoms with Gasteiger partial charge in [-0.25, -0.2) is 0 Å². The van der Waals surface area contributed by atoms with Crippen LogP contribution in [0.3, 0.4) is 0 Å². The summed E-state index contributed by atoms with van der Waals surface area (Å²) in [5, 5.41) is 0. The summed E-state index contributed by atoms with van der Waals surface area (Å²) >= 11 is 0. The second-order valence-corrected chi connectivity index (χ2v) is 3.55. The molecule has 0 heterocycles. The van der Waals surface area contributed by atoms with Crippen LogP contribution in [-0.4, -0.2) is 14.2 Å². The maximum atomic E-state index is 5.37. The molecule has 0 fully saturated rings. The first kappa shape index (κ1) is 11.2. The van der Waals surface area contributed by atoms with Gasteiger partial charge in [0, 0.05) is 0 Å². The molecule has 0 aromatic carbocycles. The third-order valence-electron chi connectivity index (χ3n) is 2.64. The van der Waals surface area contributed by atoms with Crippen LogP contribution in [0.4, 0.5) is 0 Å². The Bertz CT molecular complexity index is 208. The molecule has 2 nitrogen and oxygen atoms in total. The van der Waals surface area contributed by atoms with Gasteiger partial charge >= 0.3 is 0 Å². The fourth-order valence-electron chi connectivity index (χ4n) is 1.86. The standard InChI is InChI=1S/C12H20O2/c1-4-5-7-10-11(13-2)8-6-9-12(10)14-3/h8-10H,4-7H2,1-3H3. The fraction of sp³-hybridized carbons (Fsp3) is 0.667. The molecule has 2 heteroatoms. The van der Waals surface area contributed by atoms with E-state index in [2.05, 4.69) is 19.1 Å². The van der Waals surface area contributed by atoms with E-state index >= 15 is 0 Å². The van der Waals surface area contributed by atoms with E-state index in [4.69, 9.17) is 9.47 Å². The van der Waals surface area contributed by atoms with E-state index in [-0.39, 0.29) is 0 Å². The van der Waals surface area contributed by atoms with Crippen molar-refractivity contribution in [2.75, 3.05) is 14.2 Å². The van der Waals surface area contributed by atoms with E-state index in [0.717, 1.165) is 24.4 Å². The maximum absolute atomic E-state index is 5.37. The van der Waals surface area contributed by atoms with Crippen LogP contribution >= 0.6 is 0 Å². The van der Waals surface area contributed by atoms with Crippen molar-refractivity contribution in [1.82, 2.24) is 0 Å². The van der Waals surface area contributed by atoms with Crippen LogP contribution in [0.25, 0.3) is 0 Å². The molecular formula is C12H20O2. The molecule has 0 saturated heterocycles. The lowest BCUT2D eigenvalue weighted by molar-refractivity contribution is 0.182. The number of ether oxygens (including phenoxy) is 2. The number of allylic oxidation sites excluding steroid dienone is 2. The molecule has 0 aliphatic heterocycles. The molecule has 0 amide bonds. The molecule has 80 valence electrons. The minimum absolute atomic E-state index is 0.346. The van der Waals surface area contributed by atoms with Crippen LogP contribution in [0.2, 0.25) is 0 Å². The van der Waals surface area contributed by atoms with Crippen molar-refractivity contribution >= 4 is 0 Å². The highest BCUT2D eigenvalue weighted by Gasteiger charge is 2.22. The van der Waals surface area contributed by atoms with Gasteiger partial charge < -0.3 is 9.47 Å². The average Bonchev–Trinajstić information content (AvgIpc) is 2.25. The van der Waals surface area contributed by atoms with Crippen molar-refractivity contribution in [2.24, 2.45) is 5.92 Å². The van der Waals surface area contributed by atoms with Crippen LogP contribution in [0, 0.1) is 5.92 Å². The number of unbranched alkanes of at least 4 members (excludes halogenated alkanes) is 1. The van der Waals surface area contributed by atoms with Gasteiger partial charge in [0.05, 0.1) is 20.1 Å². The summed E-state index contributed by atoms with van der Waals surface area (Å²) in [6.45, 7) is 2.20. The van der Waals surface area contributed by atoms with Gasteiger partial charge in [0.1, 0.15) is 11.5 Å². The van der Waals surface area contributed by atoms with Crippen molar-refractivity contribution in [3.05, 3.63) is 23.7 Å². The minimum atomic E-state index is 0.346. The lowest BCUT2D eigenvalue weighted by Crippen LogP contribution is -2.13. The predicted molar refractivity (Wildman–Crippen MR) is 57.8 cm³/mol. The molecule has 1 aliphatic carbocycles. The smallest absolute Gasteiger partial charge is 0.102 e. The van der Waals surface area contributed by atoms with Crippen LogP contribution in [-0.2, 0) is 9.47 Å². The van der Waals surface area contributed by atoms with Gasteiger partial charge in [0.25, 0.3) is 0 Å². The van der Waals surface area contributed by atoms with E-state index in [0.29, 0.717) is 5.92 Å². The first-order valence-electron chi connectivity index (χ1n) is 5.31. The van der Waals surface area contributed by atoms with Gasteiger partial charge in [0.2, 0.25) is 0 Å². The largest absolute Gasteiger partial charge is 0.501 e. The van der Waals surface area contributed by atoms with Gasteiger partial charge in [-0.15, -0.1) is 0 Å². The first-order chi connectivity index (χ1) is 6.83. The van der Waals surface area contributed by atoms with Crippen LogP contribution < -0.4 is 0 Å². The summed E-state index contributed by atoms with van der Waals surface area (Å²) in [6.07, 6.45) is 8.76. The number of hydrogen-bond donors (Lipinski definition) is 0. The number of hydrogen-bond acceptors (Lipinski definition) is 2. The van der Waals surface area contributed by atoms with Crippen molar-refractivity contribution < 1.29 is 9.47 Å². The second kappa shape index (κ2) is 5.74.